The summed E-state index contributed by atoms with van der Waals surface area (Å²) in [5, 5.41) is 2.69. The van der Waals surface area contributed by atoms with Crippen molar-refractivity contribution in [1.82, 2.24) is 9.97 Å². The fourth-order valence-electron chi connectivity index (χ4n) is 2.71. The molecule has 0 aliphatic rings. The average molecular weight is 306 g/mol. The Hall–Kier alpha value is -2.00. The van der Waals surface area contributed by atoms with Gasteiger partial charge in [0.2, 0.25) is 0 Å². The van der Waals surface area contributed by atoms with Crippen LogP contribution in [-0.2, 0) is 0 Å². The zero-order chi connectivity index (χ0) is 15.9. The molecule has 2 aromatic heterocycles. The summed E-state index contributed by atoms with van der Waals surface area (Å²) in [6.07, 6.45) is 1.91. The van der Waals surface area contributed by atoms with Crippen molar-refractivity contribution in [2.75, 3.05) is 0 Å². The Morgan fingerprint density at radius 1 is 0.909 bits per heavy atom. The Morgan fingerprint density at radius 2 is 1.68 bits per heavy atom. The van der Waals surface area contributed by atoms with Crippen molar-refractivity contribution in [2.24, 2.45) is 0 Å². The van der Waals surface area contributed by atoms with Crippen molar-refractivity contribution in [2.45, 2.75) is 33.5 Å². The first-order chi connectivity index (χ1) is 10.3. The number of benzene rings is 1. The van der Waals surface area contributed by atoms with Crippen molar-refractivity contribution in [3.63, 3.8) is 0 Å². The molecule has 2 nitrogen and oxygen atoms in total. The molecule has 0 spiro atoms. The molecule has 0 saturated heterocycles. The third-order valence-corrected chi connectivity index (χ3v) is 6.06. The second-order valence-electron chi connectivity index (χ2n) is 7.03. The van der Waals surface area contributed by atoms with Crippen LogP contribution in [0.25, 0.3) is 22.3 Å². The molecule has 22 heavy (non-hydrogen) atoms. The number of hydrogen-bond acceptors (Lipinski definition) is 2. The van der Waals surface area contributed by atoms with E-state index in [1.54, 1.807) is 0 Å². The van der Waals surface area contributed by atoms with Crippen LogP contribution in [0.3, 0.4) is 0 Å². The third kappa shape index (κ3) is 2.81. The van der Waals surface area contributed by atoms with E-state index in [4.69, 9.17) is 4.98 Å². The molecule has 112 valence electrons. The van der Waals surface area contributed by atoms with Crippen molar-refractivity contribution in [3.8, 4) is 11.4 Å². The summed E-state index contributed by atoms with van der Waals surface area (Å²) in [5.41, 5.74) is 5.32. The SMILES string of the molecule is Cc1cnc(-c2ccc3cc([Si](C)(C)C)ccc3n2)c(C)c1. The van der Waals surface area contributed by atoms with E-state index in [1.165, 1.54) is 21.7 Å². The summed E-state index contributed by atoms with van der Waals surface area (Å²) < 4.78 is 0. The molecule has 0 aliphatic heterocycles. The molecule has 0 fully saturated rings. The van der Waals surface area contributed by atoms with Gasteiger partial charge in [-0.15, -0.1) is 0 Å². The maximum atomic E-state index is 4.81. The molecule has 0 aliphatic carbocycles. The number of hydrogen-bond donors (Lipinski definition) is 0. The Labute approximate surface area is 133 Å². The van der Waals surface area contributed by atoms with Crippen LogP contribution in [0, 0.1) is 13.8 Å². The second kappa shape index (κ2) is 5.32. The largest absolute Gasteiger partial charge is 0.254 e. The molecule has 0 N–H and O–H groups in total. The summed E-state index contributed by atoms with van der Waals surface area (Å²) >= 11 is 0. The van der Waals surface area contributed by atoms with Crippen LogP contribution in [0.5, 0.6) is 0 Å². The highest BCUT2D eigenvalue weighted by Gasteiger charge is 2.16. The number of rotatable bonds is 2. The topological polar surface area (TPSA) is 25.8 Å². The Morgan fingerprint density at radius 3 is 2.36 bits per heavy atom. The minimum atomic E-state index is -1.28. The van der Waals surface area contributed by atoms with Crippen molar-refractivity contribution in [1.29, 1.82) is 0 Å². The first-order valence-corrected chi connectivity index (χ1v) is 11.2. The Balaban J connectivity index is 2.11. The van der Waals surface area contributed by atoms with Gasteiger partial charge >= 0.3 is 0 Å². The lowest BCUT2D eigenvalue weighted by Gasteiger charge is -2.17. The van der Waals surface area contributed by atoms with Gasteiger partial charge in [0.05, 0.1) is 25.0 Å². The number of aryl methyl sites for hydroxylation is 2. The second-order valence-corrected chi connectivity index (χ2v) is 12.1. The maximum Gasteiger partial charge on any atom is 0.0915 e. The molecule has 0 saturated carbocycles. The zero-order valence-corrected chi connectivity index (χ0v) is 14.9. The van der Waals surface area contributed by atoms with Gasteiger partial charge in [-0.3, -0.25) is 4.98 Å². The van der Waals surface area contributed by atoms with Crippen LogP contribution in [-0.4, -0.2) is 18.0 Å². The molecule has 0 amide bonds. The average Bonchev–Trinajstić information content (AvgIpc) is 2.45. The molecule has 1 aromatic carbocycles. The summed E-state index contributed by atoms with van der Waals surface area (Å²) in [6.45, 7) is 11.3. The molecule has 3 heteroatoms. The minimum absolute atomic E-state index is 0.950. The molecular weight excluding hydrogens is 284 g/mol. The van der Waals surface area contributed by atoms with Crippen LogP contribution in [0.1, 0.15) is 11.1 Å². The quantitative estimate of drug-likeness (QED) is 0.653. The summed E-state index contributed by atoms with van der Waals surface area (Å²) in [4.78, 5) is 9.37. The number of fused-ring (bicyclic) bond motifs is 1. The minimum Gasteiger partial charge on any atom is -0.254 e. The van der Waals surface area contributed by atoms with Gasteiger partial charge in [-0.25, -0.2) is 4.98 Å². The summed E-state index contributed by atoms with van der Waals surface area (Å²) in [7, 11) is -1.28. The van der Waals surface area contributed by atoms with Crippen LogP contribution in [0.15, 0.2) is 42.6 Å². The van der Waals surface area contributed by atoms with Crippen molar-refractivity contribution in [3.05, 3.63) is 53.7 Å². The molecule has 0 unspecified atom stereocenters. The maximum absolute atomic E-state index is 4.81. The van der Waals surface area contributed by atoms with Crippen LogP contribution in [0.2, 0.25) is 19.6 Å². The monoisotopic (exact) mass is 306 g/mol. The number of pyridine rings is 2. The predicted octanol–water partition coefficient (Wildman–Crippen LogP) is 4.46. The van der Waals surface area contributed by atoms with Crippen LogP contribution < -0.4 is 5.19 Å². The zero-order valence-electron chi connectivity index (χ0n) is 13.9. The van der Waals surface area contributed by atoms with Crippen molar-refractivity contribution >= 4 is 24.2 Å². The molecule has 3 rings (SSSR count). The van der Waals surface area contributed by atoms with Gasteiger partial charge < -0.3 is 0 Å². The first-order valence-electron chi connectivity index (χ1n) is 7.69. The van der Waals surface area contributed by atoms with E-state index in [-0.39, 0.29) is 0 Å². The van der Waals surface area contributed by atoms with Gasteiger partial charge in [0.25, 0.3) is 0 Å². The van der Waals surface area contributed by atoms with E-state index < -0.39 is 8.07 Å². The normalized spacial score (nSPS) is 11.9. The van der Waals surface area contributed by atoms with E-state index in [0.29, 0.717) is 0 Å². The fraction of sp³-hybridized carbons (Fsp3) is 0.263. The molecule has 2 heterocycles. The van der Waals surface area contributed by atoms with Gasteiger partial charge in [0, 0.05) is 11.6 Å². The standard InChI is InChI=1S/C19H22N2Si/c1-13-10-14(2)19(20-12-13)18-8-6-15-11-16(22(3,4)5)7-9-17(15)21-18/h6-12H,1-5H3. The van der Waals surface area contributed by atoms with Gasteiger partial charge in [0.15, 0.2) is 0 Å². The lowest BCUT2D eigenvalue weighted by atomic mass is 10.1. The molecule has 0 atom stereocenters. The Bertz CT molecular complexity index is 848. The van der Waals surface area contributed by atoms with E-state index >= 15 is 0 Å². The van der Waals surface area contributed by atoms with E-state index in [0.717, 1.165) is 16.9 Å². The van der Waals surface area contributed by atoms with Crippen LogP contribution >= 0.6 is 0 Å². The molecular formula is C19H22N2Si. The highest BCUT2D eigenvalue weighted by Crippen LogP contribution is 2.22. The molecule has 3 aromatic rings. The van der Waals surface area contributed by atoms with Crippen LogP contribution in [0.4, 0.5) is 0 Å². The number of nitrogens with zero attached hydrogens (tertiary/aromatic N) is 2. The fourth-order valence-corrected chi connectivity index (χ4v) is 3.88. The Kier molecular flexibility index (Phi) is 3.61. The first kappa shape index (κ1) is 14.9. The van der Waals surface area contributed by atoms with Gasteiger partial charge in [-0.05, 0) is 37.1 Å². The smallest absolute Gasteiger partial charge is 0.0915 e. The van der Waals surface area contributed by atoms with Crippen molar-refractivity contribution < 1.29 is 0 Å². The van der Waals surface area contributed by atoms with Gasteiger partial charge in [-0.2, -0.15) is 0 Å². The molecule has 0 radical (unpaired) electrons. The summed E-state index contributed by atoms with van der Waals surface area (Å²) in [5.74, 6) is 0. The highest BCUT2D eigenvalue weighted by atomic mass is 28.3. The van der Waals surface area contributed by atoms with E-state index in [2.05, 4.69) is 74.9 Å². The molecule has 0 bridgehead atoms. The van der Waals surface area contributed by atoms with Gasteiger partial charge in [-0.1, -0.05) is 49.1 Å². The lowest BCUT2D eigenvalue weighted by Crippen LogP contribution is -2.37. The van der Waals surface area contributed by atoms with Gasteiger partial charge in [0.1, 0.15) is 0 Å². The lowest BCUT2D eigenvalue weighted by molar-refractivity contribution is 1.20. The van der Waals surface area contributed by atoms with E-state index in [1.807, 2.05) is 6.20 Å². The third-order valence-electron chi connectivity index (χ3n) is 4.01. The predicted molar refractivity (Wildman–Crippen MR) is 97.4 cm³/mol. The highest BCUT2D eigenvalue weighted by molar-refractivity contribution is 6.88. The number of aromatic nitrogens is 2. The van der Waals surface area contributed by atoms with E-state index in [9.17, 15) is 0 Å². The summed E-state index contributed by atoms with van der Waals surface area (Å²) in [6, 6.07) is 13.1.